The van der Waals surface area contributed by atoms with E-state index in [-0.39, 0.29) is 5.97 Å². The number of esters is 1. The first kappa shape index (κ1) is 16.1. The first-order valence-corrected chi connectivity index (χ1v) is 7.50. The van der Waals surface area contributed by atoms with Gasteiger partial charge >= 0.3 is 5.97 Å². The second-order valence-electron chi connectivity index (χ2n) is 5.39. The van der Waals surface area contributed by atoms with E-state index < -0.39 is 0 Å². The molecule has 3 heteroatoms. The molecule has 0 aliphatic rings. The maximum Gasteiger partial charge on any atom is 0.308 e. The summed E-state index contributed by atoms with van der Waals surface area (Å²) in [6, 6.07) is 11.9. The van der Waals surface area contributed by atoms with Crippen molar-refractivity contribution in [3.63, 3.8) is 0 Å². The van der Waals surface area contributed by atoms with Crippen molar-refractivity contribution < 1.29 is 14.3 Å². The second kappa shape index (κ2) is 7.12. The Labute approximate surface area is 131 Å². The average molecular weight is 298 g/mol. The third kappa shape index (κ3) is 3.88. The van der Waals surface area contributed by atoms with E-state index in [0.717, 1.165) is 28.9 Å². The summed E-state index contributed by atoms with van der Waals surface area (Å²) >= 11 is 0. The quantitative estimate of drug-likeness (QED) is 0.607. The molecule has 0 amide bonds. The number of rotatable bonds is 5. The molecule has 0 spiro atoms. The van der Waals surface area contributed by atoms with Gasteiger partial charge in [-0.2, -0.15) is 0 Å². The van der Waals surface area contributed by atoms with Gasteiger partial charge in [-0.05, 0) is 49.1 Å². The summed E-state index contributed by atoms with van der Waals surface area (Å²) < 4.78 is 11.2. The van der Waals surface area contributed by atoms with Gasteiger partial charge in [0, 0.05) is 12.5 Å². The molecule has 22 heavy (non-hydrogen) atoms. The first-order valence-electron chi connectivity index (χ1n) is 7.50. The van der Waals surface area contributed by atoms with E-state index in [1.165, 1.54) is 12.5 Å². The van der Waals surface area contributed by atoms with Crippen molar-refractivity contribution in [1.82, 2.24) is 0 Å². The molecule has 116 valence electrons. The molecule has 0 atom stereocenters. The van der Waals surface area contributed by atoms with Gasteiger partial charge in [0.1, 0.15) is 18.1 Å². The lowest BCUT2D eigenvalue weighted by Crippen LogP contribution is -2.07. The molecule has 0 aliphatic carbocycles. The van der Waals surface area contributed by atoms with Gasteiger partial charge in [-0.3, -0.25) is 4.79 Å². The van der Waals surface area contributed by atoms with Crippen LogP contribution in [0.4, 0.5) is 0 Å². The Morgan fingerprint density at radius 1 is 1.05 bits per heavy atom. The van der Waals surface area contributed by atoms with E-state index in [9.17, 15) is 4.79 Å². The van der Waals surface area contributed by atoms with Crippen LogP contribution in [0.3, 0.4) is 0 Å². The molecule has 0 N–H and O–H groups in total. The molecular formula is C19H22O3. The number of benzene rings is 2. The van der Waals surface area contributed by atoms with E-state index >= 15 is 0 Å². The van der Waals surface area contributed by atoms with Gasteiger partial charge in [0.2, 0.25) is 0 Å². The molecule has 0 heterocycles. The maximum absolute atomic E-state index is 11.2. The highest BCUT2D eigenvalue weighted by Crippen LogP contribution is 2.26. The van der Waals surface area contributed by atoms with Crippen molar-refractivity contribution in [1.29, 1.82) is 0 Å². The molecule has 2 aromatic rings. The van der Waals surface area contributed by atoms with Gasteiger partial charge < -0.3 is 9.47 Å². The lowest BCUT2D eigenvalue weighted by atomic mass is 10.1. The zero-order valence-corrected chi connectivity index (χ0v) is 13.6. The van der Waals surface area contributed by atoms with Crippen molar-refractivity contribution >= 4 is 5.97 Å². The van der Waals surface area contributed by atoms with E-state index in [1.54, 1.807) is 6.07 Å². The highest BCUT2D eigenvalue weighted by molar-refractivity contribution is 5.70. The van der Waals surface area contributed by atoms with Crippen LogP contribution in [0.5, 0.6) is 11.5 Å². The predicted molar refractivity (Wildman–Crippen MR) is 87.4 cm³/mol. The fourth-order valence-electron chi connectivity index (χ4n) is 2.35. The van der Waals surface area contributed by atoms with Crippen molar-refractivity contribution in [2.24, 2.45) is 0 Å². The van der Waals surface area contributed by atoms with E-state index in [4.69, 9.17) is 9.47 Å². The van der Waals surface area contributed by atoms with Gasteiger partial charge in [0.15, 0.2) is 0 Å². The normalized spacial score (nSPS) is 10.4. The Bertz CT molecular complexity index is 674. The minimum atomic E-state index is -0.324. The van der Waals surface area contributed by atoms with Gasteiger partial charge in [-0.25, -0.2) is 0 Å². The minimum absolute atomic E-state index is 0.324. The smallest absolute Gasteiger partial charge is 0.308 e. The summed E-state index contributed by atoms with van der Waals surface area (Å²) in [7, 11) is 0. The Hall–Kier alpha value is -2.29. The van der Waals surface area contributed by atoms with Crippen molar-refractivity contribution in [2.45, 2.75) is 40.7 Å². The summed E-state index contributed by atoms with van der Waals surface area (Å²) in [5.74, 6) is 1.10. The third-order valence-corrected chi connectivity index (χ3v) is 3.64. The first-order chi connectivity index (χ1) is 10.5. The van der Waals surface area contributed by atoms with Crippen LogP contribution in [0.1, 0.15) is 36.1 Å². The largest absolute Gasteiger partial charge is 0.488 e. The summed E-state index contributed by atoms with van der Waals surface area (Å²) in [5, 5.41) is 0. The number of carbonyl (C=O) groups excluding carboxylic acids is 1. The van der Waals surface area contributed by atoms with E-state index in [2.05, 4.69) is 19.1 Å². The van der Waals surface area contributed by atoms with E-state index in [0.29, 0.717) is 12.4 Å². The number of hydrogen-bond donors (Lipinski definition) is 0. The SMILES string of the molecule is CCc1ccc(OCc2c(C)cccc2OC(C)=O)c(C)c1. The number of aryl methyl sites for hydroxylation is 3. The van der Waals surface area contributed by atoms with Crippen LogP contribution < -0.4 is 9.47 Å². The highest BCUT2D eigenvalue weighted by atomic mass is 16.5. The van der Waals surface area contributed by atoms with Crippen LogP contribution in [0, 0.1) is 13.8 Å². The number of ether oxygens (including phenoxy) is 2. The molecule has 0 saturated heterocycles. The zero-order valence-electron chi connectivity index (χ0n) is 13.6. The Kier molecular flexibility index (Phi) is 5.21. The molecule has 0 bridgehead atoms. The summed E-state index contributed by atoms with van der Waals surface area (Å²) in [4.78, 5) is 11.2. The van der Waals surface area contributed by atoms with E-state index in [1.807, 2.05) is 32.0 Å². The van der Waals surface area contributed by atoms with Gasteiger partial charge in [0.05, 0.1) is 0 Å². The van der Waals surface area contributed by atoms with Crippen molar-refractivity contribution in [3.05, 3.63) is 58.7 Å². The zero-order chi connectivity index (χ0) is 16.1. The Morgan fingerprint density at radius 2 is 1.82 bits per heavy atom. The minimum Gasteiger partial charge on any atom is -0.488 e. The summed E-state index contributed by atoms with van der Waals surface area (Å²) in [6.45, 7) is 7.94. The van der Waals surface area contributed by atoms with Crippen LogP contribution in [0.2, 0.25) is 0 Å². The summed E-state index contributed by atoms with van der Waals surface area (Å²) in [5.41, 5.74) is 4.35. The lowest BCUT2D eigenvalue weighted by molar-refractivity contribution is -0.131. The van der Waals surface area contributed by atoms with Crippen LogP contribution in [-0.2, 0) is 17.8 Å². The molecule has 0 aromatic heterocycles. The second-order valence-corrected chi connectivity index (χ2v) is 5.39. The van der Waals surface area contributed by atoms with Gasteiger partial charge in [-0.1, -0.05) is 31.2 Å². The van der Waals surface area contributed by atoms with Crippen LogP contribution >= 0.6 is 0 Å². The molecule has 0 saturated carbocycles. The Morgan fingerprint density at radius 3 is 2.45 bits per heavy atom. The third-order valence-electron chi connectivity index (χ3n) is 3.64. The Balaban J connectivity index is 2.19. The number of carbonyl (C=O) groups is 1. The molecule has 3 nitrogen and oxygen atoms in total. The predicted octanol–water partition coefficient (Wildman–Crippen LogP) is 4.37. The van der Waals surface area contributed by atoms with Gasteiger partial charge in [-0.15, -0.1) is 0 Å². The number of hydrogen-bond acceptors (Lipinski definition) is 3. The molecule has 0 unspecified atom stereocenters. The van der Waals surface area contributed by atoms with Crippen LogP contribution in [0.15, 0.2) is 36.4 Å². The fraction of sp³-hybridized carbons (Fsp3) is 0.316. The topological polar surface area (TPSA) is 35.5 Å². The van der Waals surface area contributed by atoms with Crippen LogP contribution in [0.25, 0.3) is 0 Å². The maximum atomic E-state index is 11.2. The summed E-state index contributed by atoms with van der Waals surface area (Å²) in [6.07, 6.45) is 1.01. The average Bonchev–Trinajstić information content (AvgIpc) is 2.47. The standard InChI is InChI=1S/C19H22O3/c1-5-16-9-10-18(14(3)11-16)21-12-17-13(2)7-6-8-19(17)22-15(4)20/h6-11H,5,12H2,1-4H3. The van der Waals surface area contributed by atoms with Crippen molar-refractivity contribution in [3.8, 4) is 11.5 Å². The monoisotopic (exact) mass is 298 g/mol. The fourth-order valence-corrected chi connectivity index (χ4v) is 2.35. The lowest BCUT2D eigenvalue weighted by Gasteiger charge is -2.14. The molecule has 2 rings (SSSR count). The van der Waals surface area contributed by atoms with Gasteiger partial charge in [0.25, 0.3) is 0 Å². The molecule has 0 aliphatic heterocycles. The molecular weight excluding hydrogens is 276 g/mol. The van der Waals surface area contributed by atoms with Crippen LogP contribution in [-0.4, -0.2) is 5.97 Å². The molecule has 0 radical (unpaired) electrons. The van der Waals surface area contributed by atoms with Crippen molar-refractivity contribution in [2.75, 3.05) is 0 Å². The molecule has 2 aromatic carbocycles. The highest BCUT2D eigenvalue weighted by Gasteiger charge is 2.10. The molecule has 0 fully saturated rings.